The second-order valence-electron chi connectivity index (χ2n) is 6.04. The number of halogens is 1. The molecule has 25 heavy (non-hydrogen) atoms. The summed E-state index contributed by atoms with van der Waals surface area (Å²) in [5.41, 5.74) is 2.84. The number of rotatable bonds is 2. The quantitative estimate of drug-likeness (QED) is 0.709. The predicted molar refractivity (Wildman–Crippen MR) is 99.9 cm³/mol. The van der Waals surface area contributed by atoms with Crippen molar-refractivity contribution in [2.45, 2.75) is 12.6 Å². The molecule has 0 bridgehead atoms. The summed E-state index contributed by atoms with van der Waals surface area (Å²) < 4.78 is 2.21. The predicted octanol–water partition coefficient (Wildman–Crippen LogP) is 4.78. The van der Waals surface area contributed by atoms with Crippen LogP contribution in [-0.2, 0) is 6.54 Å². The minimum atomic E-state index is -0.144. The molecule has 4 nitrogen and oxygen atoms in total. The number of anilines is 1. The highest BCUT2D eigenvalue weighted by Crippen LogP contribution is 2.33. The molecular formula is C20H18ClN3O. The number of aromatic nitrogens is 1. The second-order valence-corrected chi connectivity index (χ2v) is 6.45. The number of urea groups is 1. The van der Waals surface area contributed by atoms with Gasteiger partial charge in [0, 0.05) is 25.0 Å². The van der Waals surface area contributed by atoms with E-state index in [0.29, 0.717) is 17.3 Å². The standard InChI is InChI=1S/C20H18ClN3O/c21-16-9-4-5-10-17(16)22-20(25)24-14-13-23-12-6-11-18(23)19(24)15-7-2-1-3-8-15/h1-12,19H,13-14H2,(H,22,25). The van der Waals surface area contributed by atoms with Gasteiger partial charge in [-0.15, -0.1) is 0 Å². The third kappa shape index (κ3) is 3.01. The molecule has 2 aromatic carbocycles. The molecule has 126 valence electrons. The van der Waals surface area contributed by atoms with Gasteiger partial charge in [0.1, 0.15) is 0 Å². The van der Waals surface area contributed by atoms with E-state index >= 15 is 0 Å². The number of nitrogens with zero attached hydrogens (tertiary/aromatic N) is 2. The van der Waals surface area contributed by atoms with Crippen molar-refractivity contribution >= 4 is 23.3 Å². The van der Waals surface area contributed by atoms with Crippen molar-refractivity contribution in [2.75, 3.05) is 11.9 Å². The molecule has 0 saturated carbocycles. The van der Waals surface area contributed by atoms with Crippen molar-refractivity contribution in [1.29, 1.82) is 0 Å². The first-order valence-electron chi connectivity index (χ1n) is 8.26. The molecular weight excluding hydrogens is 334 g/mol. The maximum Gasteiger partial charge on any atom is 0.322 e. The third-order valence-corrected chi connectivity index (χ3v) is 4.86. The smallest absolute Gasteiger partial charge is 0.322 e. The first-order valence-corrected chi connectivity index (χ1v) is 8.64. The maximum absolute atomic E-state index is 13.0. The summed E-state index contributed by atoms with van der Waals surface area (Å²) in [4.78, 5) is 14.9. The fraction of sp³-hybridized carbons (Fsp3) is 0.150. The number of nitrogens with one attached hydrogen (secondary N) is 1. The van der Waals surface area contributed by atoms with E-state index < -0.39 is 0 Å². The number of benzene rings is 2. The van der Waals surface area contributed by atoms with Gasteiger partial charge in [0.2, 0.25) is 0 Å². The van der Waals surface area contributed by atoms with Gasteiger partial charge < -0.3 is 14.8 Å². The fourth-order valence-corrected chi connectivity index (χ4v) is 3.52. The van der Waals surface area contributed by atoms with Gasteiger partial charge in [-0.3, -0.25) is 0 Å². The Morgan fingerprint density at radius 2 is 1.72 bits per heavy atom. The van der Waals surface area contributed by atoms with E-state index in [0.717, 1.165) is 17.8 Å². The lowest BCUT2D eigenvalue weighted by molar-refractivity contribution is 0.182. The molecule has 0 spiro atoms. The van der Waals surface area contributed by atoms with Crippen molar-refractivity contribution in [2.24, 2.45) is 0 Å². The first kappa shape index (κ1) is 15.8. The summed E-state index contributed by atoms with van der Waals surface area (Å²) in [5, 5.41) is 3.48. The molecule has 1 aromatic heterocycles. The van der Waals surface area contributed by atoms with Gasteiger partial charge in [-0.2, -0.15) is 0 Å². The van der Waals surface area contributed by atoms with E-state index in [1.807, 2.05) is 47.4 Å². The number of para-hydroxylation sites is 1. The molecule has 0 fully saturated rings. The molecule has 1 aliphatic heterocycles. The second kappa shape index (κ2) is 6.65. The SMILES string of the molecule is O=C(Nc1ccccc1Cl)N1CCn2cccc2C1c1ccccc1. The van der Waals surface area contributed by atoms with E-state index in [4.69, 9.17) is 11.6 Å². The lowest BCUT2D eigenvalue weighted by Crippen LogP contribution is -2.44. The Morgan fingerprint density at radius 3 is 2.52 bits per heavy atom. The fourth-order valence-electron chi connectivity index (χ4n) is 3.34. The minimum Gasteiger partial charge on any atom is -0.348 e. The van der Waals surface area contributed by atoms with Crippen LogP contribution < -0.4 is 5.32 Å². The molecule has 5 heteroatoms. The number of hydrogen-bond donors (Lipinski definition) is 1. The molecule has 2 heterocycles. The minimum absolute atomic E-state index is 0.118. The van der Waals surface area contributed by atoms with Crippen molar-refractivity contribution in [3.63, 3.8) is 0 Å². The summed E-state index contributed by atoms with van der Waals surface area (Å²) in [7, 11) is 0. The normalized spacial score (nSPS) is 16.4. The van der Waals surface area contributed by atoms with Gasteiger partial charge in [-0.25, -0.2) is 4.79 Å². The van der Waals surface area contributed by atoms with Crippen molar-refractivity contribution in [1.82, 2.24) is 9.47 Å². The molecule has 1 unspecified atom stereocenters. The highest BCUT2D eigenvalue weighted by molar-refractivity contribution is 6.33. The van der Waals surface area contributed by atoms with Crippen LogP contribution in [0.2, 0.25) is 5.02 Å². The topological polar surface area (TPSA) is 37.3 Å². The number of carbonyl (C=O) groups is 1. The lowest BCUT2D eigenvalue weighted by atomic mass is 10.0. The summed E-state index contributed by atoms with van der Waals surface area (Å²) in [5.74, 6) is 0. The molecule has 3 aromatic rings. The Morgan fingerprint density at radius 1 is 0.960 bits per heavy atom. The number of fused-ring (bicyclic) bond motifs is 1. The van der Waals surface area contributed by atoms with Crippen LogP contribution in [0.3, 0.4) is 0 Å². The van der Waals surface area contributed by atoms with E-state index in [9.17, 15) is 4.79 Å². The van der Waals surface area contributed by atoms with Crippen molar-refractivity contribution in [3.8, 4) is 0 Å². The summed E-state index contributed by atoms with van der Waals surface area (Å²) in [6.07, 6.45) is 2.06. The summed E-state index contributed by atoms with van der Waals surface area (Å²) >= 11 is 6.19. The zero-order chi connectivity index (χ0) is 17.2. The molecule has 0 saturated heterocycles. The Balaban J connectivity index is 1.68. The monoisotopic (exact) mass is 351 g/mol. The van der Waals surface area contributed by atoms with Crippen LogP contribution in [-0.4, -0.2) is 22.0 Å². The van der Waals surface area contributed by atoms with Gasteiger partial charge >= 0.3 is 6.03 Å². The van der Waals surface area contributed by atoms with Crippen LogP contribution >= 0.6 is 11.6 Å². The van der Waals surface area contributed by atoms with E-state index in [2.05, 4.69) is 34.3 Å². The largest absolute Gasteiger partial charge is 0.348 e. The van der Waals surface area contributed by atoms with Crippen LogP contribution in [0.4, 0.5) is 10.5 Å². The van der Waals surface area contributed by atoms with E-state index in [1.54, 1.807) is 6.07 Å². The molecule has 4 rings (SSSR count). The molecule has 0 radical (unpaired) electrons. The van der Waals surface area contributed by atoms with Crippen LogP contribution in [0, 0.1) is 0 Å². The Kier molecular flexibility index (Phi) is 4.20. The first-order chi connectivity index (χ1) is 12.2. The molecule has 1 aliphatic rings. The maximum atomic E-state index is 13.0. The average Bonchev–Trinajstić information content (AvgIpc) is 3.12. The van der Waals surface area contributed by atoms with E-state index in [-0.39, 0.29) is 12.1 Å². The van der Waals surface area contributed by atoms with Gasteiger partial charge in [-0.05, 0) is 29.8 Å². The van der Waals surface area contributed by atoms with Crippen LogP contribution in [0.25, 0.3) is 0 Å². The lowest BCUT2D eigenvalue weighted by Gasteiger charge is -2.37. The Hall–Kier alpha value is -2.72. The summed E-state index contributed by atoms with van der Waals surface area (Å²) in [6, 6.07) is 21.2. The number of amides is 2. The number of carbonyl (C=O) groups excluding carboxylic acids is 1. The molecule has 1 atom stereocenters. The van der Waals surface area contributed by atoms with Crippen molar-refractivity contribution < 1.29 is 4.79 Å². The molecule has 1 N–H and O–H groups in total. The Labute approximate surface area is 151 Å². The van der Waals surface area contributed by atoms with Gasteiger partial charge in [0.25, 0.3) is 0 Å². The zero-order valence-corrected chi connectivity index (χ0v) is 14.4. The van der Waals surface area contributed by atoms with Gasteiger partial charge in [0.05, 0.1) is 16.8 Å². The average molecular weight is 352 g/mol. The number of hydrogen-bond acceptors (Lipinski definition) is 1. The van der Waals surface area contributed by atoms with Crippen LogP contribution in [0.15, 0.2) is 72.9 Å². The third-order valence-electron chi connectivity index (χ3n) is 4.53. The molecule has 0 aliphatic carbocycles. The summed E-state index contributed by atoms with van der Waals surface area (Å²) in [6.45, 7) is 1.42. The van der Waals surface area contributed by atoms with Gasteiger partial charge in [-0.1, -0.05) is 54.1 Å². The highest BCUT2D eigenvalue weighted by Gasteiger charge is 2.32. The highest BCUT2D eigenvalue weighted by atomic mass is 35.5. The van der Waals surface area contributed by atoms with Crippen LogP contribution in [0.5, 0.6) is 0 Å². The van der Waals surface area contributed by atoms with E-state index in [1.165, 1.54) is 0 Å². The zero-order valence-electron chi connectivity index (χ0n) is 13.6. The Bertz CT molecular complexity index is 891. The van der Waals surface area contributed by atoms with Gasteiger partial charge in [0.15, 0.2) is 0 Å². The molecule has 2 amide bonds. The van der Waals surface area contributed by atoms with Crippen molar-refractivity contribution in [3.05, 3.63) is 89.2 Å². The van der Waals surface area contributed by atoms with Crippen LogP contribution in [0.1, 0.15) is 17.3 Å².